The van der Waals surface area contributed by atoms with Gasteiger partial charge in [0, 0.05) is 0 Å². The van der Waals surface area contributed by atoms with Crippen LogP contribution in [0.3, 0.4) is 0 Å². The van der Waals surface area contributed by atoms with Crippen molar-refractivity contribution in [2.75, 3.05) is 0 Å². The third-order valence-electron chi connectivity index (χ3n) is 1.39. The Labute approximate surface area is 67.3 Å². The van der Waals surface area contributed by atoms with Crippen LogP contribution in [0, 0.1) is 6.92 Å². The zero-order valence-corrected chi connectivity index (χ0v) is 6.72. The molecule has 56 valence electrons. The van der Waals surface area contributed by atoms with E-state index >= 15 is 0 Å². The van der Waals surface area contributed by atoms with Crippen molar-refractivity contribution >= 4 is 11.3 Å². The van der Waals surface area contributed by atoms with Crippen molar-refractivity contribution in [3.63, 3.8) is 0 Å². The molecule has 0 unspecified atom stereocenters. The first-order valence-corrected chi connectivity index (χ1v) is 4.02. The number of H-pyrrole nitrogens is 1. The molecule has 0 aliphatic carbocycles. The van der Waals surface area contributed by atoms with E-state index in [-0.39, 0.29) is 0 Å². The molecule has 0 aliphatic heterocycles. The number of thiazole rings is 1. The van der Waals surface area contributed by atoms with E-state index in [0.717, 1.165) is 16.3 Å². The van der Waals surface area contributed by atoms with Crippen molar-refractivity contribution < 1.29 is 0 Å². The van der Waals surface area contributed by atoms with Crippen molar-refractivity contribution in [2.45, 2.75) is 6.92 Å². The number of nitrogens with one attached hydrogen (secondary N) is 1. The van der Waals surface area contributed by atoms with E-state index in [0.29, 0.717) is 0 Å². The van der Waals surface area contributed by atoms with Crippen LogP contribution in [-0.2, 0) is 0 Å². The van der Waals surface area contributed by atoms with Crippen LogP contribution in [0.2, 0.25) is 0 Å². The number of aromatic amines is 1. The molecule has 2 rings (SSSR count). The third kappa shape index (κ3) is 1.03. The Bertz CT molecular complexity index is 337. The van der Waals surface area contributed by atoms with Crippen molar-refractivity contribution in [1.29, 1.82) is 0 Å². The highest BCUT2D eigenvalue weighted by molar-refractivity contribution is 7.13. The molecule has 0 atom stereocenters. The highest BCUT2D eigenvalue weighted by atomic mass is 32.1. The van der Waals surface area contributed by atoms with Crippen molar-refractivity contribution in [3.8, 4) is 10.6 Å². The normalized spacial score (nSPS) is 10.3. The monoisotopic (exact) mass is 166 g/mol. The molecular formula is C6H6N4S. The molecule has 2 aromatic heterocycles. The Hall–Kier alpha value is -1.23. The van der Waals surface area contributed by atoms with Crippen LogP contribution in [0.5, 0.6) is 0 Å². The molecule has 0 fully saturated rings. The highest BCUT2D eigenvalue weighted by Crippen LogP contribution is 2.23. The summed E-state index contributed by atoms with van der Waals surface area (Å²) in [4.78, 5) is 5.19. The van der Waals surface area contributed by atoms with Crippen LogP contribution in [0.1, 0.15) is 5.69 Å². The summed E-state index contributed by atoms with van der Waals surface area (Å²) in [6.07, 6.45) is 1.69. The van der Waals surface area contributed by atoms with E-state index in [1.807, 2.05) is 6.92 Å². The van der Waals surface area contributed by atoms with E-state index in [1.54, 1.807) is 23.0 Å². The summed E-state index contributed by atoms with van der Waals surface area (Å²) in [5, 5.41) is 10.2. The first-order valence-electron chi connectivity index (χ1n) is 3.14. The maximum Gasteiger partial charge on any atom is 0.124 e. The first-order chi connectivity index (χ1) is 5.38. The first kappa shape index (κ1) is 6.48. The lowest BCUT2D eigenvalue weighted by molar-refractivity contribution is 0.942. The summed E-state index contributed by atoms with van der Waals surface area (Å²) < 4.78 is 0. The molecule has 5 heteroatoms. The largest absolute Gasteiger partial charge is 0.249 e. The van der Waals surface area contributed by atoms with Gasteiger partial charge >= 0.3 is 0 Å². The minimum atomic E-state index is 0.866. The number of hydrogen-bond acceptors (Lipinski definition) is 4. The van der Waals surface area contributed by atoms with Gasteiger partial charge in [0.2, 0.25) is 0 Å². The van der Waals surface area contributed by atoms with Gasteiger partial charge in [0.05, 0.1) is 22.3 Å². The zero-order chi connectivity index (χ0) is 7.68. The van der Waals surface area contributed by atoms with E-state index in [2.05, 4.69) is 20.4 Å². The molecule has 2 aromatic rings. The van der Waals surface area contributed by atoms with Gasteiger partial charge in [-0.3, -0.25) is 0 Å². The fourth-order valence-corrected chi connectivity index (χ4v) is 1.62. The van der Waals surface area contributed by atoms with Crippen LogP contribution in [-0.4, -0.2) is 20.4 Å². The van der Waals surface area contributed by atoms with Gasteiger partial charge < -0.3 is 0 Å². The maximum atomic E-state index is 4.11. The second kappa shape index (κ2) is 2.43. The standard InChI is InChI=1S/C6H6N4S/c1-4-6(11-3-7-4)5-2-8-10-9-5/h2-3H,1H3,(H,8,9,10). The van der Waals surface area contributed by atoms with Crippen LogP contribution in [0.15, 0.2) is 11.7 Å². The molecule has 0 bridgehead atoms. The molecule has 4 nitrogen and oxygen atoms in total. The van der Waals surface area contributed by atoms with Gasteiger partial charge in [-0.25, -0.2) is 4.98 Å². The van der Waals surface area contributed by atoms with Gasteiger partial charge in [0.25, 0.3) is 0 Å². The second-order valence-electron chi connectivity index (χ2n) is 2.12. The summed E-state index contributed by atoms with van der Waals surface area (Å²) in [5.41, 5.74) is 3.67. The Morgan fingerprint density at radius 1 is 1.55 bits per heavy atom. The van der Waals surface area contributed by atoms with Crippen molar-refractivity contribution in [1.82, 2.24) is 20.4 Å². The minimum absolute atomic E-state index is 0.866. The Morgan fingerprint density at radius 3 is 3.00 bits per heavy atom. The topological polar surface area (TPSA) is 54.5 Å². The summed E-state index contributed by atoms with van der Waals surface area (Å²) in [6.45, 7) is 1.96. The van der Waals surface area contributed by atoms with Crippen LogP contribution in [0.4, 0.5) is 0 Å². The molecule has 0 spiro atoms. The van der Waals surface area contributed by atoms with Crippen molar-refractivity contribution in [3.05, 3.63) is 17.4 Å². The number of hydrogen-bond donors (Lipinski definition) is 1. The van der Waals surface area contributed by atoms with Gasteiger partial charge in [-0.2, -0.15) is 15.4 Å². The number of rotatable bonds is 1. The van der Waals surface area contributed by atoms with E-state index < -0.39 is 0 Å². The quantitative estimate of drug-likeness (QED) is 0.693. The van der Waals surface area contributed by atoms with E-state index in [4.69, 9.17) is 0 Å². The minimum Gasteiger partial charge on any atom is -0.249 e. The van der Waals surface area contributed by atoms with Gasteiger partial charge in [-0.05, 0) is 6.92 Å². The number of nitrogens with zero attached hydrogens (tertiary/aromatic N) is 3. The zero-order valence-electron chi connectivity index (χ0n) is 5.90. The summed E-state index contributed by atoms with van der Waals surface area (Å²) >= 11 is 1.57. The Kier molecular flexibility index (Phi) is 1.43. The fraction of sp³-hybridized carbons (Fsp3) is 0.167. The summed E-state index contributed by atoms with van der Waals surface area (Å²) in [5.74, 6) is 0. The van der Waals surface area contributed by atoms with Gasteiger partial charge in [-0.1, -0.05) is 0 Å². The molecule has 0 amide bonds. The molecule has 0 radical (unpaired) electrons. The van der Waals surface area contributed by atoms with E-state index in [9.17, 15) is 0 Å². The second-order valence-corrected chi connectivity index (χ2v) is 2.98. The fourth-order valence-electron chi connectivity index (χ4n) is 0.859. The molecule has 2 heterocycles. The lowest BCUT2D eigenvalue weighted by atomic mass is 10.3. The average molecular weight is 166 g/mol. The lowest BCUT2D eigenvalue weighted by Gasteiger charge is -1.87. The van der Waals surface area contributed by atoms with Gasteiger partial charge in [0.1, 0.15) is 5.69 Å². The molecule has 1 N–H and O–H groups in total. The van der Waals surface area contributed by atoms with Crippen LogP contribution in [0.25, 0.3) is 10.6 Å². The Balaban J connectivity index is 2.53. The summed E-state index contributed by atoms with van der Waals surface area (Å²) in [6, 6.07) is 0. The lowest BCUT2D eigenvalue weighted by Crippen LogP contribution is -1.76. The smallest absolute Gasteiger partial charge is 0.124 e. The maximum absolute atomic E-state index is 4.11. The van der Waals surface area contributed by atoms with Crippen molar-refractivity contribution in [2.24, 2.45) is 0 Å². The van der Waals surface area contributed by atoms with Gasteiger partial charge in [0.15, 0.2) is 0 Å². The number of aromatic nitrogens is 4. The number of aryl methyl sites for hydroxylation is 1. The molecular weight excluding hydrogens is 160 g/mol. The average Bonchev–Trinajstić information content (AvgIpc) is 2.55. The third-order valence-corrected chi connectivity index (χ3v) is 2.34. The molecule has 0 aromatic carbocycles. The van der Waals surface area contributed by atoms with Crippen LogP contribution < -0.4 is 0 Å². The SMILES string of the molecule is Cc1ncsc1-c1cn[nH]n1. The summed E-state index contributed by atoms with van der Waals surface area (Å²) in [7, 11) is 0. The van der Waals surface area contributed by atoms with Crippen LogP contribution >= 0.6 is 11.3 Å². The van der Waals surface area contributed by atoms with E-state index in [1.165, 1.54) is 0 Å². The molecule has 0 saturated heterocycles. The Morgan fingerprint density at radius 2 is 2.45 bits per heavy atom. The highest BCUT2D eigenvalue weighted by Gasteiger charge is 2.05. The predicted octanol–water partition coefficient (Wildman–Crippen LogP) is 1.24. The predicted molar refractivity (Wildman–Crippen MR) is 42.2 cm³/mol. The molecule has 11 heavy (non-hydrogen) atoms. The van der Waals surface area contributed by atoms with Gasteiger partial charge in [-0.15, -0.1) is 11.3 Å². The molecule has 0 aliphatic rings. The molecule has 0 saturated carbocycles.